The fraction of sp³-hybridized carbons (Fsp3) is 0.500. The number of piperidine rings is 1. The van der Waals surface area contributed by atoms with Gasteiger partial charge in [0.15, 0.2) is 5.69 Å². The number of aromatic nitrogens is 3. The van der Waals surface area contributed by atoms with Crippen molar-refractivity contribution in [2.75, 3.05) is 27.2 Å². The molecule has 1 saturated heterocycles. The second-order valence-corrected chi connectivity index (χ2v) is 6.76. The van der Waals surface area contributed by atoms with Crippen molar-refractivity contribution in [2.45, 2.75) is 32.7 Å². The molecular formula is C18H25N5O. The van der Waals surface area contributed by atoms with Gasteiger partial charge in [0.25, 0.3) is 5.91 Å². The summed E-state index contributed by atoms with van der Waals surface area (Å²) in [6, 6.07) is 8.60. The van der Waals surface area contributed by atoms with Crippen molar-refractivity contribution in [3.05, 3.63) is 41.2 Å². The molecule has 6 nitrogen and oxygen atoms in total. The lowest BCUT2D eigenvalue weighted by Crippen LogP contribution is -2.44. The van der Waals surface area contributed by atoms with Gasteiger partial charge in [-0.3, -0.25) is 4.79 Å². The lowest BCUT2D eigenvalue weighted by Gasteiger charge is -2.34. The van der Waals surface area contributed by atoms with Crippen molar-refractivity contribution in [3.63, 3.8) is 0 Å². The second kappa shape index (κ2) is 6.73. The van der Waals surface area contributed by atoms with Gasteiger partial charge in [0.2, 0.25) is 0 Å². The van der Waals surface area contributed by atoms with Crippen molar-refractivity contribution >= 4 is 5.91 Å². The van der Waals surface area contributed by atoms with Crippen molar-refractivity contribution in [2.24, 2.45) is 0 Å². The number of hydrogen-bond donors (Lipinski definition) is 0. The second-order valence-electron chi connectivity index (χ2n) is 6.76. The van der Waals surface area contributed by atoms with Crippen molar-refractivity contribution in [1.29, 1.82) is 0 Å². The first kappa shape index (κ1) is 16.6. The molecule has 3 rings (SSSR count). The van der Waals surface area contributed by atoms with Crippen LogP contribution in [-0.2, 0) is 0 Å². The molecule has 1 aromatic carbocycles. The Morgan fingerprint density at radius 3 is 2.54 bits per heavy atom. The molecule has 0 radical (unpaired) electrons. The highest BCUT2D eigenvalue weighted by Gasteiger charge is 2.27. The topological polar surface area (TPSA) is 54.3 Å². The molecule has 0 aliphatic carbocycles. The first-order valence-corrected chi connectivity index (χ1v) is 8.42. The largest absolute Gasteiger partial charge is 0.337 e. The van der Waals surface area contributed by atoms with E-state index >= 15 is 0 Å². The third-order valence-corrected chi connectivity index (χ3v) is 4.83. The van der Waals surface area contributed by atoms with E-state index in [1.54, 1.807) is 4.68 Å². The van der Waals surface area contributed by atoms with Crippen LogP contribution >= 0.6 is 0 Å². The molecule has 0 unspecified atom stereocenters. The van der Waals surface area contributed by atoms with E-state index in [2.05, 4.69) is 29.3 Å². The summed E-state index contributed by atoms with van der Waals surface area (Å²) in [4.78, 5) is 16.9. The maximum Gasteiger partial charge on any atom is 0.276 e. The molecule has 0 bridgehead atoms. The van der Waals surface area contributed by atoms with Gasteiger partial charge in [-0.05, 0) is 58.5 Å². The van der Waals surface area contributed by atoms with Crippen LogP contribution in [0, 0.1) is 13.8 Å². The molecule has 0 saturated carbocycles. The van der Waals surface area contributed by atoms with Gasteiger partial charge in [-0.15, -0.1) is 5.10 Å². The molecule has 1 aliphatic heterocycles. The predicted molar refractivity (Wildman–Crippen MR) is 93.4 cm³/mol. The number of rotatable bonds is 3. The zero-order valence-corrected chi connectivity index (χ0v) is 14.9. The molecule has 1 amide bonds. The van der Waals surface area contributed by atoms with Crippen LogP contribution in [0.1, 0.15) is 34.6 Å². The highest BCUT2D eigenvalue weighted by molar-refractivity contribution is 5.93. The fourth-order valence-corrected chi connectivity index (χ4v) is 3.27. The lowest BCUT2D eigenvalue weighted by atomic mass is 10.0. The summed E-state index contributed by atoms with van der Waals surface area (Å²) >= 11 is 0. The highest BCUT2D eigenvalue weighted by atomic mass is 16.2. The number of likely N-dealkylation sites (tertiary alicyclic amines) is 1. The summed E-state index contributed by atoms with van der Waals surface area (Å²) in [7, 11) is 4.19. The number of nitrogens with zero attached hydrogens (tertiary/aromatic N) is 5. The highest BCUT2D eigenvalue weighted by Crippen LogP contribution is 2.19. The Morgan fingerprint density at radius 1 is 1.21 bits per heavy atom. The van der Waals surface area contributed by atoms with Gasteiger partial charge in [-0.2, -0.15) is 0 Å². The number of carbonyl (C=O) groups excluding carboxylic acids is 1. The van der Waals surface area contributed by atoms with E-state index in [1.165, 1.54) is 0 Å². The number of hydrogen-bond acceptors (Lipinski definition) is 4. The monoisotopic (exact) mass is 327 g/mol. The summed E-state index contributed by atoms with van der Waals surface area (Å²) in [6.45, 7) is 5.50. The smallest absolute Gasteiger partial charge is 0.276 e. The molecular weight excluding hydrogens is 302 g/mol. The van der Waals surface area contributed by atoms with E-state index in [9.17, 15) is 4.79 Å². The molecule has 1 aliphatic rings. The third-order valence-electron chi connectivity index (χ3n) is 4.83. The van der Waals surface area contributed by atoms with E-state index in [1.807, 2.05) is 43.0 Å². The molecule has 128 valence electrons. The minimum absolute atomic E-state index is 0.0105. The summed E-state index contributed by atoms with van der Waals surface area (Å²) in [5.41, 5.74) is 3.34. The molecule has 1 aromatic heterocycles. The molecule has 2 heterocycles. The molecule has 2 aromatic rings. The minimum Gasteiger partial charge on any atom is -0.337 e. The first-order chi connectivity index (χ1) is 11.5. The standard InChI is InChI=1S/C18H25N5O/c1-13-6-5-7-16(12-13)23-14(2)17(19-20-23)18(24)22-10-8-15(9-11-22)21(3)4/h5-7,12,15H,8-11H2,1-4H3. The molecule has 1 fully saturated rings. The Bertz CT molecular complexity index is 729. The van der Waals surface area contributed by atoms with Crippen LogP contribution in [0.5, 0.6) is 0 Å². The molecule has 0 atom stereocenters. The van der Waals surface area contributed by atoms with Crippen LogP contribution in [0.4, 0.5) is 0 Å². The fourth-order valence-electron chi connectivity index (χ4n) is 3.27. The van der Waals surface area contributed by atoms with Crippen LogP contribution in [0.25, 0.3) is 5.69 Å². The summed E-state index contributed by atoms with van der Waals surface area (Å²) in [5, 5.41) is 8.36. The number of carbonyl (C=O) groups is 1. The average Bonchev–Trinajstić information content (AvgIpc) is 2.96. The van der Waals surface area contributed by atoms with Crippen LogP contribution in [0.3, 0.4) is 0 Å². The predicted octanol–water partition coefficient (Wildman–Crippen LogP) is 2.05. The van der Waals surface area contributed by atoms with E-state index in [0.717, 1.165) is 42.9 Å². The van der Waals surface area contributed by atoms with Crippen molar-refractivity contribution < 1.29 is 4.79 Å². The Morgan fingerprint density at radius 2 is 1.92 bits per heavy atom. The summed E-state index contributed by atoms with van der Waals surface area (Å²) in [5.74, 6) is -0.0105. The van der Waals surface area contributed by atoms with E-state index < -0.39 is 0 Å². The Hall–Kier alpha value is -2.21. The normalized spacial score (nSPS) is 16.0. The quantitative estimate of drug-likeness (QED) is 0.866. The molecule has 6 heteroatoms. The Labute approximate surface area is 143 Å². The SMILES string of the molecule is Cc1cccc(-n2nnc(C(=O)N3CCC(N(C)C)CC3)c2C)c1. The van der Waals surface area contributed by atoms with E-state index in [0.29, 0.717) is 11.7 Å². The van der Waals surface area contributed by atoms with Crippen molar-refractivity contribution in [1.82, 2.24) is 24.8 Å². The van der Waals surface area contributed by atoms with Gasteiger partial charge in [-0.25, -0.2) is 4.68 Å². The van der Waals surface area contributed by atoms with Gasteiger partial charge in [0.05, 0.1) is 11.4 Å². The van der Waals surface area contributed by atoms with Gasteiger partial charge >= 0.3 is 0 Å². The van der Waals surface area contributed by atoms with E-state index in [-0.39, 0.29) is 5.91 Å². The Balaban J connectivity index is 1.78. The minimum atomic E-state index is -0.0105. The number of aryl methyl sites for hydroxylation is 1. The zero-order valence-electron chi connectivity index (χ0n) is 14.9. The van der Waals surface area contributed by atoms with Crippen LogP contribution < -0.4 is 0 Å². The summed E-state index contributed by atoms with van der Waals surface area (Å²) < 4.78 is 1.74. The number of amides is 1. The van der Waals surface area contributed by atoms with Crippen molar-refractivity contribution in [3.8, 4) is 5.69 Å². The number of benzene rings is 1. The van der Waals surface area contributed by atoms with Crippen LogP contribution in [-0.4, -0.2) is 63.9 Å². The van der Waals surface area contributed by atoms with Crippen LogP contribution in [0.2, 0.25) is 0 Å². The summed E-state index contributed by atoms with van der Waals surface area (Å²) in [6.07, 6.45) is 2.01. The van der Waals surface area contributed by atoms with Crippen LogP contribution in [0.15, 0.2) is 24.3 Å². The van der Waals surface area contributed by atoms with E-state index in [4.69, 9.17) is 0 Å². The maximum atomic E-state index is 12.8. The average molecular weight is 327 g/mol. The Kier molecular flexibility index (Phi) is 4.66. The zero-order chi connectivity index (χ0) is 17.3. The van der Waals surface area contributed by atoms with Gasteiger partial charge in [0, 0.05) is 19.1 Å². The first-order valence-electron chi connectivity index (χ1n) is 8.42. The molecule has 0 N–H and O–H groups in total. The van der Waals surface area contributed by atoms with Gasteiger partial charge in [-0.1, -0.05) is 17.3 Å². The lowest BCUT2D eigenvalue weighted by molar-refractivity contribution is 0.0656. The molecule has 0 spiro atoms. The van der Waals surface area contributed by atoms with Gasteiger partial charge < -0.3 is 9.80 Å². The molecule has 24 heavy (non-hydrogen) atoms. The third kappa shape index (κ3) is 3.19. The maximum absolute atomic E-state index is 12.8. The van der Waals surface area contributed by atoms with Gasteiger partial charge in [0.1, 0.15) is 0 Å².